The second-order valence-corrected chi connectivity index (χ2v) is 8.82. The Labute approximate surface area is 160 Å². The van der Waals surface area contributed by atoms with E-state index < -0.39 is 6.10 Å². The SMILES string of the molecule is CC(OCC1CCCO1)C(=O)N(Cc1ccsc1)C1CC12CCNCC2. The lowest BCUT2D eigenvalue weighted by Gasteiger charge is -2.31. The van der Waals surface area contributed by atoms with Gasteiger partial charge in [-0.05, 0) is 79.9 Å². The Morgan fingerprint density at radius 3 is 3.04 bits per heavy atom. The zero-order valence-electron chi connectivity index (χ0n) is 15.6. The molecule has 3 unspecified atom stereocenters. The van der Waals surface area contributed by atoms with E-state index in [-0.39, 0.29) is 12.0 Å². The van der Waals surface area contributed by atoms with Crippen molar-refractivity contribution in [3.8, 4) is 0 Å². The molecule has 3 heterocycles. The van der Waals surface area contributed by atoms with Crippen LogP contribution in [0.4, 0.5) is 0 Å². The number of piperidine rings is 1. The van der Waals surface area contributed by atoms with Gasteiger partial charge >= 0.3 is 0 Å². The molecule has 2 aliphatic heterocycles. The highest BCUT2D eigenvalue weighted by molar-refractivity contribution is 7.07. The molecule has 1 aromatic heterocycles. The van der Waals surface area contributed by atoms with Gasteiger partial charge in [-0.3, -0.25) is 4.79 Å². The first-order valence-corrected chi connectivity index (χ1v) is 10.9. The van der Waals surface area contributed by atoms with Crippen LogP contribution in [0.2, 0.25) is 0 Å². The van der Waals surface area contributed by atoms with Gasteiger partial charge in [-0.1, -0.05) is 0 Å². The third-order valence-electron chi connectivity index (χ3n) is 6.24. The first-order valence-electron chi connectivity index (χ1n) is 9.93. The van der Waals surface area contributed by atoms with Crippen molar-refractivity contribution in [2.75, 3.05) is 26.3 Å². The highest BCUT2D eigenvalue weighted by Crippen LogP contribution is 2.56. The maximum Gasteiger partial charge on any atom is 0.251 e. The first kappa shape index (κ1) is 18.4. The van der Waals surface area contributed by atoms with Gasteiger partial charge in [-0.25, -0.2) is 0 Å². The second kappa shape index (κ2) is 7.97. The van der Waals surface area contributed by atoms with Crippen molar-refractivity contribution in [1.82, 2.24) is 10.2 Å². The fourth-order valence-electron chi connectivity index (χ4n) is 4.48. The normalized spacial score (nSPS) is 28.2. The zero-order valence-corrected chi connectivity index (χ0v) is 16.4. The van der Waals surface area contributed by atoms with Gasteiger partial charge < -0.3 is 19.7 Å². The summed E-state index contributed by atoms with van der Waals surface area (Å²) in [7, 11) is 0. The van der Waals surface area contributed by atoms with E-state index in [4.69, 9.17) is 9.47 Å². The summed E-state index contributed by atoms with van der Waals surface area (Å²) >= 11 is 1.69. The van der Waals surface area contributed by atoms with E-state index in [1.54, 1.807) is 11.3 Å². The minimum Gasteiger partial charge on any atom is -0.376 e. The topological polar surface area (TPSA) is 50.8 Å². The molecule has 6 heteroatoms. The zero-order chi connectivity index (χ0) is 18.0. The predicted molar refractivity (Wildman–Crippen MR) is 102 cm³/mol. The van der Waals surface area contributed by atoms with Gasteiger partial charge in [0.25, 0.3) is 5.91 Å². The minimum absolute atomic E-state index is 0.134. The number of carbonyl (C=O) groups is 1. The lowest BCUT2D eigenvalue weighted by Crippen LogP contribution is -2.44. The van der Waals surface area contributed by atoms with Crippen LogP contribution in [0.1, 0.15) is 44.6 Å². The fraction of sp³-hybridized carbons (Fsp3) is 0.750. The molecule has 1 amide bonds. The van der Waals surface area contributed by atoms with Gasteiger partial charge in [0, 0.05) is 19.2 Å². The Kier molecular flexibility index (Phi) is 5.64. The molecule has 1 spiro atoms. The molecule has 144 valence electrons. The molecular formula is C20H30N2O3S. The van der Waals surface area contributed by atoms with Crippen LogP contribution >= 0.6 is 11.3 Å². The van der Waals surface area contributed by atoms with Gasteiger partial charge in [0.2, 0.25) is 0 Å². The molecule has 1 aliphatic carbocycles. The summed E-state index contributed by atoms with van der Waals surface area (Å²) in [5, 5.41) is 7.68. The smallest absolute Gasteiger partial charge is 0.251 e. The highest BCUT2D eigenvalue weighted by Gasteiger charge is 2.58. The molecule has 1 saturated carbocycles. The van der Waals surface area contributed by atoms with Gasteiger partial charge in [0.05, 0.1) is 12.7 Å². The summed E-state index contributed by atoms with van der Waals surface area (Å²) in [5.74, 6) is 0.134. The fourth-order valence-corrected chi connectivity index (χ4v) is 5.14. The van der Waals surface area contributed by atoms with Crippen LogP contribution in [0.5, 0.6) is 0 Å². The van der Waals surface area contributed by atoms with E-state index in [2.05, 4.69) is 27.0 Å². The average Bonchev–Trinajstić information content (AvgIpc) is 3.10. The van der Waals surface area contributed by atoms with Crippen LogP contribution in [0.25, 0.3) is 0 Å². The van der Waals surface area contributed by atoms with E-state index in [0.717, 1.165) is 39.0 Å². The standard InChI is InChI=1S/C20H30N2O3S/c1-15(25-13-17-3-2-9-24-17)19(23)22(12-16-4-10-26-14-16)18-11-20(18)5-7-21-8-6-20/h4,10,14-15,17-18,21H,2-3,5-9,11-13H2,1H3. The van der Waals surface area contributed by atoms with Crippen molar-refractivity contribution in [1.29, 1.82) is 0 Å². The molecule has 0 aromatic carbocycles. The number of ether oxygens (including phenoxy) is 2. The third-order valence-corrected chi connectivity index (χ3v) is 6.97. The minimum atomic E-state index is -0.405. The highest BCUT2D eigenvalue weighted by atomic mass is 32.1. The van der Waals surface area contributed by atoms with Crippen molar-refractivity contribution in [3.05, 3.63) is 22.4 Å². The second-order valence-electron chi connectivity index (χ2n) is 8.04. The van der Waals surface area contributed by atoms with E-state index in [9.17, 15) is 4.79 Å². The molecule has 1 aromatic rings. The summed E-state index contributed by atoms with van der Waals surface area (Å²) < 4.78 is 11.5. The van der Waals surface area contributed by atoms with E-state index >= 15 is 0 Å². The molecular weight excluding hydrogens is 348 g/mol. The van der Waals surface area contributed by atoms with Gasteiger partial charge in [0.1, 0.15) is 6.10 Å². The van der Waals surface area contributed by atoms with Crippen LogP contribution in [0, 0.1) is 5.41 Å². The maximum absolute atomic E-state index is 13.2. The van der Waals surface area contributed by atoms with Crippen molar-refractivity contribution < 1.29 is 14.3 Å². The van der Waals surface area contributed by atoms with E-state index in [1.807, 2.05) is 6.92 Å². The number of nitrogens with zero attached hydrogens (tertiary/aromatic N) is 1. The van der Waals surface area contributed by atoms with Gasteiger partial charge in [-0.2, -0.15) is 11.3 Å². The van der Waals surface area contributed by atoms with Crippen molar-refractivity contribution in [2.24, 2.45) is 5.41 Å². The van der Waals surface area contributed by atoms with Crippen LogP contribution in [0.15, 0.2) is 16.8 Å². The first-order chi connectivity index (χ1) is 12.7. The number of rotatable bonds is 7. The summed E-state index contributed by atoms with van der Waals surface area (Å²) in [6.07, 6.45) is 5.39. The number of nitrogens with one attached hydrogen (secondary N) is 1. The molecule has 2 saturated heterocycles. The number of hydrogen-bond donors (Lipinski definition) is 1. The van der Waals surface area contributed by atoms with E-state index in [0.29, 0.717) is 24.6 Å². The van der Waals surface area contributed by atoms with Crippen LogP contribution in [-0.2, 0) is 20.8 Å². The van der Waals surface area contributed by atoms with E-state index in [1.165, 1.54) is 18.4 Å². The number of hydrogen-bond acceptors (Lipinski definition) is 5. The molecule has 0 bridgehead atoms. The Morgan fingerprint density at radius 1 is 1.50 bits per heavy atom. The van der Waals surface area contributed by atoms with Crippen LogP contribution < -0.4 is 5.32 Å². The molecule has 1 N–H and O–H groups in total. The Bertz CT molecular complexity index is 594. The van der Waals surface area contributed by atoms with Crippen LogP contribution in [-0.4, -0.2) is 55.4 Å². The largest absolute Gasteiger partial charge is 0.376 e. The van der Waals surface area contributed by atoms with Gasteiger partial charge in [-0.15, -0.1) is 0 Å². The van der Waals surface area contributed by atoms with Crippen molar-refractivity contribution >= 4 is 17.2 Å². The van der Waals surface area contributed by atoms with Gasteiger partial charge in [0.15, 0.2) is 0 Å². The molecule has 3 atom stereocenters. The molecule has 26 heavy (non-hydrogen) atoms. The lowest BCUT2D eigenvalue weighted by atomic mass is 9.93. The van der Waals surface area contributed by atoms with Crippen molar-refractivity contribution in [2.45, 2.75) is 63.8 Å². The Morgan fingerprint density at radius 2 is 2.35 bits per heavy atom. The quantitative estimate of drug-likeness (QED) is 0.793. The Balaban J connectivity index is 1.40. The molecule has 0 radical (unpaired) electrons. The average molecular weight is 379 g/mol. The summed E-state index contributed by atoms with van der Waals surface area (Å²) in [4.78, 5) is 15.3. The molecule has 3 fully saturated rings. The van der Waals surface area contributed by atoms with Crippen molar-refractivity contribution in [3.63, 3.8) is 0 Å². The third kappa shape index (κ3) is 3.98. The molecule has 5 nitrogen and oxygen atoms in total. The lowest BCUT2D eigenvalue weighted by molar-refractivity contribution is -0.146. The van der Waals surface area contributed by atoms with Crippen LogP contribution in [0.3, 0.4) is 0 Å². The predicted octanol–water partition coefficient (Wildman–Crippen LogP) is 2.80. The summed E-state index contributed by atoms with van der Waals surface area (Å²) in [5.41, 5.74) is 1.57. The molecule has 4 rings (SSSR count). The monoisotopic (exact) mass is 378 g/mol. The molecule has 3 aliphatic rings. The number of amides is 1. The Hall–Kier alpha value is -0.950. The number of carbonyl (C=O) groups excluding carboxylic acids is 1. The summed E-state index contributed by atoms with van der Waals surface area (Å²) in [6.45, 7) is 6.09. The summed E-state index contributed by atoms with van der Waals surface area (Å²) in [6, 6.07) is 2.49. The maximum atomic E-state index is 13.2. The number of thiophene rings is 1.